The van der Waals surface area contributed by atoms with Gasteiger partial charge in [0.1, 0.15) is 12.1 Å². The van der Waals surface area contributed by atoms with Crippen molar-refractivity contribution in [2.75, 3.05) is 0 Å². The summed E-state index contributed by atoms with van der Waals surface area (Å²) in [4.78, 5) is 12.4. The number of carbonyl (C=O) groups is 1. The number of hydrogen-bond donors (Lipinski definition) is 1. The van der Waals surface area contributed by atoms with E-state index in [2.05, 4.69) is 20.8 Å². The van der Waals surface area contributed by atoms with Crippen molar-refractivity contribution in [2.45, 2.75) is 25.4 Å². The molecule has 0 aliphatic carbocycles. The molecule has 1 heterocycles. The third-order valence-electron chi connectivity index (χ3n) is 3.95. The van der Waals surface area contributed by atoms with Gasteiger partial charge in [-0.15, -0.1) is 5.10 Å². The Morgan fingerprint density at radius 1 is 1.23 bits per heavy atom. The van der Waals surface area contributed by atoms with Crippen LogP contribution in [0.1, 0.15) is 23.5 Å². The summed E-state index contributed by atoms with van der Waals surface area (Å²) in [5.41, 5.74) is 1.67. The number of tetrazole rings is 1. The van der Waals surface area contributed by atoms with Gasteiger partial charge in [-0.1, -0.05) is 35.9 Å². The number of rotatable bonds is 7. The molecule has 0 spiro atoms. The molecule has 1 aromatic heterocycles. The highest BCUT2D eigenvalue weighted by Crippen LogP contribution is 2.23. The van der Waals surface area contributed by atoms with Crippen molar-refractivity contribution in [3.63, 3.8) is 0 Å². The summed E-state index contributed by atoms with van der Waals surface area (Å²) in [6.45, 7) is 0.733. The number of benzene rings is 2. The second-order valence-electron chi connectivity index (χ2n) is 5.89. The van der Waals surface area contributed by atoms with Crippen LogP contribution in [0.5, 0.6) is 0 Å². The minimum atomic E-state index is -0.325. The van der Waals surface area contributed by atoms with E-state index in [9.17, 15) is 9.18 Å². The molecular weight excluding hydrogens is 357 g/mol. The van der Waals surface area contributed by atoms with E-state index in [1.54, 1.807) is 28.9 Å². The number of nitrogens with zero attached hydrogens (tertiary/aromatic N) is 4. The molecule has 3 aromatic rings. The molecule has 2 aromatic carbocycles. The quantitative estimate of drug-likeness (QED) is 0.691. The molecule has 1 atom stereocenters. The molecule has 0 aliphatic heterocycles. The SMILES string of the molecule is O=C(C[C@@H](Cn1cnnn1)c1ccc(Cl)cc1)NCc1cccc(F)c1. The van der Waals surface area contributed by atoms with Crippen LogP contribution in [0.3, 0.4) is 0 Å². The van der Waals surface area contributed by atoms with E-state index < -0.39 is 0 Å². The summed E-state index contributed by atoms with van der Waals surface area (Å²) in [7, 11) is 0. The Labute approximate surface area is 155 Å². The first kappa shape index (κ1) is 18.0. The smallest absolute Gasteiger partial charge is 0.220 e. The van der Waals surface area contributed by atoms with Crippen LogP contribution in [0.2, 0.25) is 5.02 Å². The van der Waals surface area contributed by atoms with Gasteiger partial charge >= 0.3 is 0 Å². The number of hydrogen-bond acceptors (Lipinski definition) is 4. The first-order valence-electron chi connectivity index (χ1n) is 8.07. The molecule has 0 radical (unpaired) electrons. The molecule has 26 heavy (non-hydrogen) atoms. The molecule has 134 valence electrons. The van der Waals surface area contributed by atoms with Crippen LogP contribution in [0.25, 0.3) is 0 Å². The van der Waals surface area contributed by atoms with Gasteiger partial charge in [0.2, 0.25) is 5.91 Å². The highest BCUT2D eigenvalue weighted by molar-refractivity contribution is 6.30. The van der Waals surface area contributed by atoms with Crippen molar-refractivity contribution >= 4 is 17.5 Å². The van der Waals surface area contributed by atoms with Gasteiger partial charge in [-0.05, 0) is 45.8 Å². The summed E-state index contributed by atoms with van der Waals surface area (Å²) in [5, 5.41) is 14.6. The van der Waals surface area contributed by atoms with Gasteiger partial charge in [-0.25, -0.2) is 9.07 Å². The van der Waals surface area contributed by atoms with Crippen molar-refractivity contribution in [3.8, 4) is 0 Å². The van der Waals surface area contributed by atoms with Crippen LogP contribution >= 0.6 is 11.6 Å². The molecule has 6 nitrogen and oxygen atoms in total. The van der Waals surface area contributed by atoms with E-state index in [0.29, 0.717) is 17.1 Å². The van der Waals surface area contributed by atoms with Gasteiger partial charge in [-0.3, -0.25) is 4.79 Å². The standard InChI is InChI=1S/C18H17ClFN5O/c19-16-6-4-14(5-7-16)15(11-25-12-22-23-24-25)9-18(26)21-10-13-2-1-3-17(20)8-13/h1-8,12,15H,9-11H2,(H,21,26)/t15-/m0/s1. The van der Waals surface area contributed by atoms with Gasteiger partial charge in [0.05, 0.1) is 6.54 Å². The van der Waals surface area contributed by atoms with Crippen LogP contribution < -0.4 is 5.32 Å². The molecule has 0 bridgehead atoms. The van der Waals surface area contributed by atoms with Crippen LogP contribution in [-0.2, 0) is 17.9 Å². The van der Waals surface area contributed by atoms with Crippen molar-refractivity contribution in [1.82, 2.24) is 25.5 Å². The molecule has 1 amide bonds. The maximum atomic E-state index is 13.2. The fourth-order valence-electron chi connectivity index (χ4n) is 2.66. The molecule has 0 fully saturated rings. The van der Waals surface area contributed by atoms with E-state index in [1.807, 2.05) is 12.1 Å². The molecule has 0 unspecified atom stereocenters. The van der Waals surface area contributed by atoms with Gasteiger partial charge in [0.25, 0.3) is 0 Å². The number of carbonyl (C=O) groups excluding carboxylic acids is 1. The summed E-state index contributed by atoms with van der Waals surface area (Å²) >= 11 is 5.95. The van der Waals surface area contributed by atoms with Gasteiger partial charge in [-0.2, -0.15) is 0 Å². The van der Waals surface area contributed by atoms with Crippen molar-refractivity contribution in [3.05, 3.63) is 76.8 Å². The summed E-state index contributed by atoms with van der Waals surface area (Å²) in [6, 6.07) is 13.5. The lowest BCUT2D eigenvalue weighted by atomic mass is 9.95. The molecule has 1 N–H and O–H groups in total. The van der Waals surface area contributed by atoms with Gasteiger partial charge < -0.3 is 5.32 Å². The predicted octanol–water partition coefficient (Wildman–Crippen LogP) is 2.96. The molecule has 8 heteroatoms. The van der Waals surface area contributed by atoms with E-state index in [-0.39, 0.29) is 30.6 Å². The molecule has 0 saturated heterocycles. The fourth-order valence-corrected chi connectivity index (χ4v) is 2.78. The Morgan fingerprint density at radius 2 is 2.04 bits per heavy atom. The number of aromatic nitrogens is 4. The zero-order valence-electron chi connectivity index (χ0n) is 13.8. The molecule has 3 rings (SSSR count). The Balaban J connectivity index is 1.66. The third-order valence-corrected chi connectivity index (χ3v) is 4.20. The maximum absolute atomic E-state index is 13.2. The average Bonchev–Trinajstić information content (AvgIpc) is 3.13. The Morgan fingerprint density at radius 3 is 2.73 bits per heavy atom. The Kier molecular flexibility index (Phi) is 5.91. The lowest BCUT2D eigenvalue weighted by Crippen LogP contribution is -2.26. The second kappa shape index (κ2) is 8.53. The molecule has 0 saturated carbocycles. The Hall–Kier alpha value is -2.80. The third kappa shape index (κ3) is 5.10. The van der Waals surface area contributed by atoms with Crippen molar-refractivity contribution < 1.29 is 9.18 Å². The minimum Gasteiger partial charge on any atom is -0.352 e. The number of nitrogens with one attached hydrogen (secondary N) is 1. The highest BCUT2D eigenvalue weighted by atomic mass is 35.5. The second-order valence-corrected chi connectivity index (χ2v) is 6.33. The number of amides is 1. The largest absolute Gasteiger partial charge is 0.352 e. The normalized spacial score (nSPS) is 11.9. The first-order chi connectivity index (χ1) is 12.6. The van der Waals surface area contributed by atoms with E-state index in [1.165, 1.54) is 18.5 Å². The Bertz CT molecular complexity index is 854. The zero-order valence-corrected chi connectivity index (χ0v) is 14.6. The lowest BCUT2D eigenvalue weighted by molar-refractivity contribution is -0.121. The van der Waals surface area contributed by atoms with Crippen LogP contribution in [-0.4, -0.2) is 26.1 Å². The summed E-state index contributed by atoms with van der Waals surface area (Å²) < 4.78 is 14.8. The first-order valence-corrected chi connectivity index (χ1v) is 8.45. The summed E-state index contributed by atoms with van der Waals surface area (Å²) in [5.74, 6) is -0.583. The molecular formula is C18H17ClFN5O. The van der Waals surface area contributed by atoms with Gasteiger partial charge in [0.15, 0.2) is 0 Å². The fraction of sp³-hybridized carbons (Fsp3) is 0.222. The summed E-state index contributed by atoms with van der Waals surface area (Å²) in [6.07, 6.45) is 1.75. The van der Waals surface area contributed by atoms with Crippen molar-refractivity contribution in [1.29, 1.82) is 0 Å². The van der Waals surface area contributed by atoms with Crippen LogP contribution in [0, 0.1) is 5.82 Å². The number of halogens is 2. The maximum Gasteiger partial charge on any atom is 0.220 e. The highest BCUT2D eigenvalue weighted by Gasteiger charge is 2.17. The topological polar surface area (TPSA) is 72.7 Å². The zero-order chi connectivity index (χ0) is 18.4. The van der Waals surface area contributed by atoms with Crippen LogP contribution in [0.15, 0.2) is 54.9 Å². The van der Waals surface area contributed by atoms with Crippen molar-refractivity contribution in [2.24, 2.45) is 0 Å². The molecule has 0 aliphatic rings. The lowest BCUT2D eigenvalue weighted by Gasteiger charge is -2.17. The van der Waals surface area contributed by atoms with E-state index in [0.717, 1.165) is 5.56 Å². The van der Waals surface area contributed by atoms with Crippen LogP contribution in [0.4, 0.5) is 4.39 Å². The van der Waals surface area contributed by atoms with Gasteiger partial charge in [0, 0.05) is 23.9 Å². The predicted molar refractivity (Wildman–Crippen MR) is 94.9 cm³/mol. The average molecular weight is 374 g/mol. The van der Waals surface area contributed by atoms with E-state index >= 15 is 0 Å². The van der Waals surface area contributed by atoms with E-state index in [4.69, 9.17) is 11.6 Å². The monoisotopic (exact) mass is 373 g/mol. The minimum absolute atomic E-state index is 0.122.